The van der Waals surface area contributed by atoms with Crippen molar-refractivity contribution in [2.75, 3.05) is 5.32 Å². The van der Waals surface area contributed by atoms with Crippen molar-refractivity contribution < 1.29 is 4.79 Å². The maximum absolute atomic E-state index is 12.0. The summed E-state index contributed by atoms with van der Waals surface area (Å²) in [5, 5.41) is 5.25. The van der Waals surface area contributed by atoms with Gasteiger partial charge in [0.25, 0.3) is 5.91 Å². The van der Waals surface area contributed by atoms with Crippen LogP contribution in [0.25, 0.3) is 5.13 Å². The van der Waals surface area contributed by atoms with Crippen molar-refractivity contribution in [3.8, 4) is 5.13 Å². The average molecular weight is 270 g/mol. The molecule has 0 bridgehead atoms. The van der Waals surface area contributed by atoms with Gasteiger partial charge in [-0.3, -0.25) is 9.78 Å². The number of pyridine rings is 1. The number of hydrogen-bond acceptors (Lipinski definition) is 4. The topological polar surface area (TPSA) is 59.8 Å². The van der Waals surface area contributed by atoms with Crippen LogP contribution in [0.1, 0.15) is 10.5 Å². The summed E-state index contributed by atoms with van der Waals surface area (Å²) in [5.41, 5.74) is 1.06. The van der Waals surface area contributed by atoms with Gasteiger partial charge < -0.3 is 9.88 Å². The number of nitrogens with zero attached hydrogens (tertiary/aromatic N) is 3. The third-order valence-corrected chi connectivity index (χ3v) is 3.32. The molecule has 0 radical (unpaired) electrons. The van der Waals surface area contributed by atoms with E-state index in [2.05, 4.69) is 15.3 Å². The van der Waals surface area contributed by atoms with Crippen molar-refractivity contribution in [3.63, 3.8) is 0 Å². The zero-order valence-corrected chi connectivity index (χ0v) is 10.7. The maximum atomic E-state index is 12.0. The van der Waals surface area contributed by atoms with Crippen LogP contribution in [0.2, 0.25) is 0 Å². The first-order chi connectivity index (χ1) is 9.33. The fourth-order valence-corrected chi connectivity index (χ4v) is 2.35. The minimum Gasteiger partial charge on any atom is -0.319 e. The molecule has 0 spiro atoms. The molecule has 3 rings (SSSR count). The van der Waals surface area contributed by atoms with Crippen LogP contribution in [0.3, 0.4) is 0 Å². The van der Waals surface area contributed by atoms with Crippen molar-refractivity contribution in [3.05, 3.63) is 60.1 Å². The van der Waals surface area contributed by atoms with Crippen LogP contribution in [0.5, 0.6) is 0 Å². The molecule has 94 valence electrons. The van der Waals surface area contributed by atoms with Gasteiger partial charge in [-0.25, -0.2) is 4.98 Å². The monoisotopic (exact) mass is 270 g/mol. The van der Waals surface area contributed by atoms with Crippen LogP contribution in [0.4, 0.5) is 5.69 Å². The first-order valence-electron chi connectivity index (χ1n) is 5.63. The molecule has 0 aromatic carbocycles. The zero-order chi connectivity index (χ0) is 13.1. The normalized spacial score (nSPS) is 10.3. The van der Waals surface area contributed by atoms with Crippen LogP contribution >= 0.6 is 11.3 Å². The first-order valence-corrected chi connectivity index (χ1v) is 6.51. The Bertz CT molecular complexity index is 676. The molecule has 3 aromatic heterocycles. The van der Waals surface area contributed by atoms with E-state index in [0.717, 1.165) is 5.13 Å². The van der Waals surface area contributed by atoms with Crippen molar-refractivity contribution in [2.24, 2.45) is 0 Å². The highest BCUT2D eigenvalue weighted by molar-refractivity contribution is 7.12. The second kappa shape index (κ2) is 5.03. The number of aromatic nitrogens is 3. The van der Waals surface area contributed by atoms with Crippen molar-refractivity contribution >= 4 is 22.9 Å². The third-order valence-electron chi connectivity index (χ3n) is 2.47. The summed E-state index contributed by atoms with van der Waals surface area (Å²) in [6, 6.07) is 7.37. The summed E-state index contributed by atoms with van der Waals surface area (Å²) in [6.07, 6.45) is 7.03. The van der Waals surface area contributed by atoms with Gasteiger partial charge in [-0.05, 0) is 24.3 Å². The Morgan fingerprint density at radius 1 is 1.26 bits per heavy atom. The van der Waals surface area contributed by atoms with Crippen LogP contribution in [-0.4, -0.2) is 20.4 Å². The van der Waals surface area contributed by atoms with E-state index in [1.165, 1.54) is 11.3 Å². The van der Waals surface area contributed by atoms with Gasteiger partial charge in [0.05, 0.1) is 11.9 Å². The minimum absolute atomic E-state index is 0.234. The lowest BCUT2D eigenvalue weighted by atomic mass is 10.4. The van der Waals surface area contributed by atoms with Gasteiger partial charge in [0, 0.05) is 24.0 Å². The molecule has 5 nitrogen and oxygen atoms in total. The number of carbonyl (C=O) groups is 1. The SMILES string of the molecule is O=C(Nc1cccnc1)c1csc(-n2cccc2)n1. The third kappa shape index (κ3) is 2.53. The largest absolute Gasteiger partial charge is 0.319 e. The molecule has 3 aromatic rings. The van der Waals surface area contributed by atoms with Gasteiger partial charge in [0.15, 0.2) is 5.13 Å². The van der Waals surface area contributed by atoms with Gasteiger partial charge in [-0.15, -0.1) is 11.3 Å². The average Bonchev–Trinajstić information content (AvgIpc) is 3.11. The lowest BCUT2D eigenvalue weighted by Gasteiger charge is -2.01. The molecule has 6 heteroatoms. The molecule has 0 aliphatic rings. The van der Waals surface area contributed by atoms with E-state index in [1.807, 2.05) is 29.1 Å². The van der Waals surface area contributed by atoms with Crippen LogP contribution in [0, 0.1) is 0 Å². The predicted octanol–water partition coefficient (Wildman–Crippen LogP) is 2.58. The Balaban J connectivity index is 1.78. The number of thiazole rings is 1. The molecular weight excluding hydrogens is 260 g/mol. The highest BCUT2D eigenvalue weighted by Crippen LogP contribution is 2.16. The molecule has 0 aliphatic heterocycles. The Morgan fingerprint density at radius 3 is 2.84 bits per heavy atom. The lowest BCUT2D eigenvalue weighted by Crippen LogP contribution is -2.12. The molecule has 0 atom stereocenters. The van der Waals surface area contributed by atoms with Crippen molar-refractivity contribution in [1.29, 1.82) is 0 Å². The van der Waals surface area contributed by atoms with E-state index in [-0.39, 0.29) is 5.91 Å². The molecular formula is C13H10N4OS. The second-order valence-corrected chi connectivity index (χ2v) is 4.64. The Labute approximate surface area is 113 Å². The quantitative estimate of drug-likeness (QED) is 0.795. The number of hydrogen-bond donors (Lipinski definition) is 1. The Hall–Kier alpha value is -2.47. The standard InChI is InChI=1S/C13H10N4OS/c18-12(15-10-4-3-5-14-8-10)11-9-19-13(16-11)17-6-1-2-7-17/h1-9H,(H,15,18). The molecule has 3 heterocycles. The van der Waals surface area contributed by atoms with E-state index in [4.69, 9.17) is 0 Å². The predicted molar refractivity (Wildman–Crippen MR) is 73.6 cm³/mol. The van der Waals surface area contributed by atoms with E-state index >= 15 is 0 Å². The van der Waals surface area contributed by atoms with Crippen LogP contribution in [0.15, 0.2) is 54.4 Å². The van der Waals surface area contributed by atoms with Gasteiger partial charge in [0.1, 0.15) is 5.69 Å². The number of carbonyl (C=O) groups excluding carboxylic acids is 1. The van der Waals surface area contributed by atoms with Crippen molar-refractivity contribution in [1.82, 2.24) is 14.5 Å². The molecule has 0 saturated heterocycles. The summed E-state index contributed by atoms with van der Waals surface area (Å²) >= 11 is 1.42. The van der Waals surface area contributed by atoms with Crippen molar-refractivity contribution in [2.45, 2.75) is 0 Å². The van der Waals surface area contributed by atoms with Gasteiger partial charge in [-0.2, -0.15) is 0 Å². The fourth-order valence-electron chi connectivity index (χ4n) is 1.58. The molecule has 1 N–H and O–H groups in total. The van der Waals surface area contributed by atoms with Gasteiger partial charge >= 0.3 is 0 Å². The minimum atomic E-state index is -0.234. The second-order valence-electron chi connectivity index (χ2n) is 3.80. The number of anilines is 1. The molecule has 1 amide bonds. The van der Waals surface area contributed by atoms with E-state index in [9.17, 15) is 4.79 Å². The highest BCUT2D eigenvalue weighted by Gasteiger charge is 2.11. The van der Waals surface area contributed by atoms with E-state index < -0.39 is 0 Å². The summed E-state index contributed by atoms with van der Waals surface area (Å²) < 4.78 is 1.87. The maximum Gasteiger partial charge on any atom is 0.275 e. The Morgan fingerprint density at radius 2 is 2.11 bits per heavy atom. The number of amides is 1. The molecule has 0 saturated carbocycles. The summed E-state index contributed by atoms with van der Waals surface area (Å²) in [5.74, 6) is -0.234. The molecule has 19 heavy (non-hydrogen) atoms. The van der Waals surface area contributed by atoms with Crippen LogP contribution in [-0.2, 0) is 0 Å². The number of rotatable bonds is 3. The molecule has 0 fully saturated rings. The Kier molecular flexibility index (Phi) is 3.07. The fraction of sp³-hybridized carbons (Fsp3) is 0. The first kappa shape index (κ1) is 11.6. The van der Waals surface area contributed by atoms with E-state index in [1.54, 1.807) is 29.9 Å². The molecule has 0 unspecified atom stereocenters. The highest BCUT2D eigenvalue weighted by atomic mass is 32.1. The smallest absolute Gasteiger partial charge is 0.275 e. The van der Waals surface area contributed by atoms with E-state index in [0.29, 0.717) is 11.4 Å². The molecule has 0 aliphatic carbocycles. The number of nitrogens with one attached hydrogen (secondary N) is 1. The van der Waals surface area contributed by atoms with Gasteiger partial charge in [-0.1, -0.05) is 0 Å². The lowest BCUT2D eigenvalue weighted by molar-refractivity contribution is 0.102. The summed E-state index contributed by atoms with van der Waals surface area (Å²) in [6.45, 7) is 0. The summed E-state index contributed by atoms with van der Waals surface area (Å²) in [4.78, 5) is 20.2. The zero-order valence-electron chi connectivity index (χ0n) is 9.85. The summed E-state index contributed by atoms with van der Waals surface area (Å²) in [7, 11) is 0. The van der Waals surface area contributed by atoms with Crippen LogP contribution < -0.4 is 5.32 Å². The van der Waals surface area contributed by atoms with Gasteiger partial charge in [0.2, 0.25) is 0 Å².